The van der Waals surface area contributed by atoms with E-state index in [1.165, 1.54) is 0 Å². The first-order valence-corrected chi connectivity index (χ1v) is 7.88. The van der Waals surface area contributed by atoms with Gasteiger partial charge in [-0.05, 0) is 25.3 Å². The zero-order valence-electron chi connectivity index (χ0n) is 13.1. The predicted molar refractivity (Wildman–Crippen MR) is 84.8 cm³/mol. The maximum atomic E-state index is 12.4. The Bertz CT molecular complexity index is 412. The summed E-state index contributed by atoms with van der Waals surface area (Å²) in [6, 6.07) is 2.05. The summed E-state index contributed by atoms with van der Waals surface area (Å²) in [6.45, 7) is 7.26. The predicted octanol–water partition coefficient (Wildman–Crippen LogP) is 3.57. The van der Waals surface area contributed by atoms with Crippen molar-refractivity contribution >= 4 is 11.6 Å². The molecule has 4 nitrogen and oxygen atoms in total. The highest BCUT2D eigenvalue weighted by molar-refractivity contribution is 5.94. The Kier molecular flexibility index (Phi) is 7.20. The molecule has 3 N–H and O–H groups in total. The van der Waals surface area contributed by atoms with Crippen molar-refractivity contribution in [3.63, 3.8) is 0 Å². The molecule has 1 aromatic rings. The van der Waals surface area contributed by atoms with Gasteiger partial charge in [0.2, 0.25) is 0 Å². The van der Waals surface area contributed by atoms with E-state index in [1.54, 1.807) is 6.07 Å². The number of anilines is 1. The maximum Gasteiger partial charge on any atom is 0.268 e. The van der Waals surface area contributed by atoms with Gasteiger partial charge in [-0.2, -0.15) is 0 Å². The second-order valence-electron chi connectivity index (χ2n) is 5.45. The van der Waals surface area contributed by atoms with E-state index in [1.807, 2.05) is 10.8 Å². The average molecular weight is 279 g/mol. The topological polar surface area (TPSA) is 60.1 Å². The molecule has 0 fully saturated rings. The number of carbonyl (C=O) groups excluding carboxylic acids is 1. The molecular formula is C16H29N3O. The number of carbonyl (C=O) groups is 1. The zero-order valence-corrected chi connectivity index (χ0v) is 13.1. The SMILES string of the molecule is CCCCC(CCC)NC(=O)c1cc(N)cn1CCC. The second kappa shape index (κ2) is 8.67. The molecule has 1 unspecified atom stereocenters. The molecule has 0 bridgehead atoms. The molecule has 0 aromatic carbocycles. The van der Waals surface area contributed by atoms with Crippen molar-refractivity contribution in [2.75, 3.05) is 5.73 Å². The van der Waals surface area contributed by atoms with Crippen molar-refractivity contribution in [1.82, 2.24) is 9.88 Å². The average Bonchev–Trinajstić information content (AvgIpc) is 2.78. The lowest BCUT2D eigenvalue weighted by Gasteiger charge is -2.18. The van der Waals surface area contributed by atoms with E-state index in [2.05, 4.69) is 26.1 Å². The van der Waals surface area contributed by atoms with Gasteiger partial charge in [0.25, 0.3) is 5.91 Å². The lowest BCUT2D eigenvalue weighted by molar-refractivity contribution is 0.0922. The van der Waals surface area contributed by atoms with E-state index in [0.717, 1.165) is 45.1 Å². The van der Waals surface area contributed by atoms with Crippen LogP contribution in [-0.2, 0) is 6.54 Å². The van der Waals surface area contributed by atoms with Gasteiger partial charge in [-0.25, -0.2) is 0 Å². The largest absolute Gasteiger partial charge is 0.397 e. The fourth-order valence-electron chi connectivity index (χ4n) is 2.50. The van der Waals surface area contributed by atoms with E-state index >= 15 is 0 Å². The number of amides is 1. The van der Waals surface area contributed by atoms with E-state index < -0.39 is 0 Å². The van der Waals surface area contributed by atoms with Crippen molar-refractivity contribution in [2.45, 2.75) is 71.9 Å². The Morgan fingerprint density at radius 2 is 2.00 bits per heavy atom. The summed E-state index contributed by atoms with van der Waals surface area (Å²) >= 11 is 0. The van der Waals surface area contributed by atoms with Crippen LogP contribution in [-0.4, -0.2) is 16.5 Å². The summed E-state index contributed by atoms with van der Waals surface area (Å²) < 4.78 is 1.95. The van der Waals surface area contributed by atoms with Crippen LogP contribution in [0.2, 0.25) is 0 Å². The molecule has 1 aromatic heterocycles. The molecule has 1 heterocycles. The fraction of sp³-hybridized carbons (Fsp3) is 0.688. The number of nitrogens with zero attached hydrogens (tertiary/aromatic N) is 1. The van der Waals surface area contributed by atoms with Gasteiger partial charge in [0.15, 0.2) is 0 Å². The van der Waals surface area contributed by atoms with Crippen LogP contribution in [0.3, 0.4) is 0 Å². The number of rotatable bonds is 9. The van der Waals surface area contributed by atoms with Gasteiger partial charge >= 0.3 is 0 Å². The normalized spacial score (nSPS) is 12.3. The Morgan fingerprint density at radius 1 is 1.25 bits per heavy atom. The number of hydrogen-bond acceptors (Lipinski definition) is 2. The number of unbranched alkanes of at least 4 members (excludes halogenated alkanes) is 1. The first kappa shape index (κ1) is 16.6. The molecule has 0 saturated carbocycles. The third-order valence-electron chi connectivity index (χ3n) is 3.49. The maximum absolute atomic E-state index is 12.4. The van der Waals surface area contributed by atoms with Crippen LogP contribution in [0.1, 0.15) is 69.8 Å². The van der Waals surface area contributed by atoms with Crippen LogP contribution >= 0.6 is 0 Å². The minimum absolute atomic E-state index is 0.00435. The van der Waals surface area contributed by atoms with Crippen molar-refractivity contribution in [3.05, 3.63) is 18.0 Å². The Morgan fingerprint density at radius 3 is 2.60 bits per heavy atom. The number of nitrogens with two attached hydrogens (primary N) is 1. The van der Waals surface area contributed by atoms with Crippen molar-refractivity contribution < 1.29 is 4.79 Å². The van der Waals surface area contributed by atoms with Gasteiger partial charge in [0.05, 0.1) is 5.69 Å². The summed E-state index contributed by atoms with van der Waals surface area (Å²) in [5, 5.41) is 3.17. The van der Waals surface area contributed by atoms with Gasteiger partial charge in [-0.1, -0.05) is 40.0 Å². The van der Waals surface area contributed by atoms with Crippen LogP contribution in [0.25, 0.3) is 0 Å². The zero-order chi connectivity index (χ0) is 15.0. The van der Waals surface area contributed by atoms with Gasteiger partial charge in [-0.3, -0.25) is 4.79 Å². The van der Waals surface area contributed by atoms with Gasteiger partial charge in [0, 0.05) is 18.8 Å². The first-order valence-electron chi connectivity index (χ1n) is 7.88. The van der Waals surface area contributed by atoms with Gasteiger partial charge in [-0.15, -0.1) is 0 Å². The molecule has 0 saturated heterocycles. The van der Waals surface area contributed by atoms with Crippen LogP contribution < -0.4 is 11.1 Å². The summed E-state index contributed by atoms with van der Waals surface area (Å²) in [5.41, 5.74) is 7.16. The molecule has 1 atom stereocenters. The first-order chi connectivity index (χ1) is 9.62. The molecule has 0 spiro atoms. The molecule has 0 aliphatic rings. The molecule has 20 heavy (non-hydrogen) atoms. The smallest absolute Gasteiger partial charge is 0.268 e. The number of hydrogen-bond donors (Lipinski definition) is 2. The van der Waals surface area contributed by atoms with E-state index in [9.17, 15) is 4.79 Å². The van der Waals surface area contributed by atoms with E-state index in [0.29, 0.717) is 11.4 Å². The Balaban J connectivity index is 2.72. The summed E-state index contributed by atoms with van der Waals surface area (Å²) in [7, 11) is 0. The number of aromatic nitrogens is 1. The summed E-state index contributed by atoms with van der Waals surface area (Å²) in [6.07, 6.45) is 8.34. The van der Waals surface area contributed by atoms with Crippen LogP contribution in [0, 0.1) is 0 Å². The minimum Gasteiger partial charge on any atom is -0.397 e. The molecular weight excluding hydrogens is 250 g/mol. The molecule has 1 rings (SSSR count). The number of nitrogen functional groups attached to an aromatic ring is 1. The third kappa shape index (κ3) is 4.91. The lowest BCUT2D eigenvalue weighted by Crippen LogP contribution is -2.35. The minimum atomic E-state index is 0.00435. The van der Waals surface area contributed by atoms with Crippen molar-refractivity contribution in [3.8, 4) is 0 Å². The second-order valence-corrected chi connectivity index (χ2v) is 5.45. The number of aryl methyl sites for hydroxylation is 1. The number of nitrogens with one attached hydrogen (secondary N) is 1. The monoisotopic (exact) mass is 279 g/mol. The van der Waals surface area contributed by atoms with E-state index in [4.69, 9.17) is 5.73 Å². The van der Waals surface area contributed by atoms with Crippen LogP contribution in [0.15, 0.2) is 12.3 Å². The Hall–Kier alpha value is -1.45. The van der Waals surface area contributed by atoms with Gasteiger partial charge in [0.1, 0.15) is 5.69 Å². The molecule has 4 heteroatoms. The standard InChI is InChI=1S/C16H29N3O/c1-4-7-9-14(8-5-2)18-16(20)15-11-13(17)12-19(15)10-6-3/h11-12,14H,4-10,17H2,1-3H3,(H,18,20). The quantitative estimate of drug-likeness (QED) is 0.726. The highest BCUT2D eigenvalue weighted by atomic mass is 16.2. The molecule has 1 amide bonds. The van der Waals surface area contributed by atoms with Crippen LogP contribution in [0.5, 0.6) is 0 Å². The van der Waals surface area contributed by atoms with Crippen LogP contribution in [0.4, 0.5) is 5.69 Å². The molecule has 0 radical (unpaired) electrons. The fourth-order valence-corrected chi connectivity index (χ4v) is 2.50. The highest BCUT2D eigenvalue weighted by Gasteiger charge is 2.16. The highest BCUT2D eigenvalue weighted by Crippen LogP contribution is 2.13. The van der Waals surface area contributed by atoms with Crippen molar-refractivity contribution in [2.24, 2.45) is 0 Å². The van der Waals surface area contributed by atoms with E-state index in [-0.39, 0.29) is 11.9 Å². The van der Waals surface area contributed by atoms with Gasteiger partial charge < -0.3 is 15.6 Å². The van der Waals surface area contributed by atoms with Crippen molar-refractivity contribution in [1.29, 1.82) is 0 Å². The Labute approximate surface area is 122 Å². The molecule has 0 aliphatic heterocycles. The molecule has 114 valence electrons. The lowest BCUT2D eigenvalue weighted by atomic mass is 10.1. The third-order valence-corrected chi connectivity index (χ3v) is 3.49. The summed E-state index contributed by atoms with van der Waals surface area (Å²) in [4.78, 5) is 12.4. The molecule has 0 aliphatic carbocycles. The summed E-state index contributed by atoms with van der Waals surface area (Å²) in [5.74, 6) is 0.00435.